The molecule has 2 N–H and O–H groups in total. The lowest BCUT2D eigenvalue weighted by Gasteiger charge is -2.09. The predicted octanol–water partition coefficient (Wildman–Crippen LogP) is 3.66. The van der Waals surface area contributed by atoms with Gasteiger partial charge in [-0.15, -0.1) is 0 Å². The lowest BCUT2D eigenvalue weighted by atomic mass is 10.1. The molecule has 2 aromatic carbocycles. The summed E-state index contributed by atoms with van der Waals surface area (Å²) >= 11 is 0. The van der Waals surface area contributed by atoms with Crippen molar-refractivity contribution in [2.45, 2.75) is 6.92 Å². The van der Waals surface area contributed by atoms with Gasteiger partial charge < -0.3 is 10.6 Å². The van der Waals surface area contributed by atoms with Gasteiger partial charge in [-0.05, 0) is 43.3 Å². The third-order valence-electron chi connectivity index (χ3n) is 4.08. The predicted molar refractivity (Wildman–Crippen MR) is 108 cm³/mol. The van der Waals surface area contributed by atoms with E-state index in [2.05, 4.69) is 15.6 Å². The largest absolute Gasteiger partial charge is 0.322 e. The minimum absolute atomic E-state index is 0.0304. The van der Waals surface area contributed by atoms with Gasteiger partial charge in [0.15, 0.2) is 5.78 Å². The Labute approximate surface area is 167 Å². The van der Waals surface area contributed by atoms with Crippen LogP contribution in [0.5, 0.6) is 0 Å². The Morgan fingerprint density at radius 3 is 2.45 bits per heavy atom. The van der Waals surface area contributed by atoms with Crippen molar-refractivity contribution in [3.05, 3.63) is 89.2 Å². The van der Waals surface area contributed by atoms with E-state index >= 15 is 0 Å². The molecule has 0 saturated heterocycles. The molecule has 1 aromatic heterocycles. The highest BCUT2D eigenvalue weighted by molar-refractivity contribution is 6.08. The van der Waals surface area contributed by atoms with Crippen molar-refractivity contribution < 1.29 is 14.4 Å². The van der Waals surface area contributed by atoms with Crippen molar-refractivity contribution in [1.82, 2.24) is 4.98 Å². The molecule has 0 aliphatic carbocycles. The highest BCUT2D eigenvalue weighted by Crippen LogP contribution is 2.16. The summed E-state index contributed by atoms with van der Waals surface area (Å²) in [6, 6.07) is 18.0. The van der Waals surface area contributed by atoms with Crippen LogP contribution >= 0.6 is 0 Å². The number of amides is 2. The highest BCUT2D eigenvalue weighted by atomic mass is 16.2. The first-order valence-corrected chi connectivity index (χ1v) is 8.67. The number of aromatic nitrogens is 1. The van der Waals surface area contributed by atoms with Gasteiger partial charge >= 0.3 is 0 Å². The fraction of sp³-hybridized carbons (Fsp3) is 0.0455. The van der Waals surface area contributed by atoms with E-state index in [-0.39, 0.29) is 17.0 Å². The molecule has 0 saturated carbocycles. The van der Waals surface area contributed by atoms with Crippen LogP contribution in [0.4, 0.5) is 11.4 Å². The molecule has 7 heteroatoms. The van der Waals surface area contributed by atoms with Gasteiger partial charge in [0, 0.05) is 23.0 Å². The van der Waals surface area contributed by atoms with E-state index in [1.54, 1.807) is 48.5 Å². The van der Waals surface area contributed by atoms with Crippen LogP contribution in [0.3, 0.4) is 0 Å². The van der Waals surface area contributed by atoms with Gasteiger partial charge in [0.05, 0.1) is 11.3 Å². The van der Waals surface area contributed by atoms with Gasteiger partial charge in [-0.25, -0.2) is 0 Å². The summed E-state index contributed by atoms with van der Waals surface area (Å²) in [5.41, 5.74) is 1.88. The first-order chi connectivity index (χ1) is 14.0. The zero-order valence-corrected chi connectivity index (χ0v) is 15.5. The number of hydrogen-bond donors (Lipinski definition) is 2. The molecular weight excluding hydrogens is 368 g/mol. The molecule has 0 spiro atoms. The molecule has 0 aliphatic heterocycles. The summed E-state index contributed by atoms with van der Waals surface area (Å²) in [6.45, 7) is 1.44. The molecular formula is C22H16N4O3. The second kappa shape index (κ2) is 8.59. The number of Topliss-reactive ketones (excluding diaryl/α,β-unsaturated/α-hetero) is 1. The molecule has 7 nitrogen and oxygen atoms in total. The molecule has 0 fully saturated rings. The molecule has 3 rings (SSSR count). The summed E-state index contributed by atoms with van der Waals surface area (Å²) in [7, 11) is 0. The van der Waals surface area contributed by atoms with Gasteiger partial charge in [0.25, 0.3) is 11.8 Å². The number of nitriles is 1. The van der Waals surface area contributed by atoms with Crippen LogP contribution in [0.2, 0.25) is 0 Å². The molecule has 0 bridgehead atoms. The summed E-state index contributed by atoms with van der Waals surface area (Å²) in [5.74, 6) is -1.10. The Morgan fingerprint density at radius 2 is 1.69 bits per heavy atom. The number of nitrogens with one attached hydrogen (secondary N) is 2. The Kier molecular flexibility index (Phi) is 5.76. The summed E-state index contributed by atoms with van der Waals surface area (Å²) in [4.78, 5) is 40.5. The van der Waals surface area contributed by atoms with Crippen LogP contribution < -0.4 is 10.6 Å². The van der Waals surface area contributed by atoms with Crippen molar-refractivity contribution in [3.63, 3.8) is 0 Å². The summed E-state index contributed by atoms with van der Waals surface area (Å²) < 4.78 is 0. The topological polar surface area (TPSA) is 112 Å². The molecule has 2 amide bonds. The van der Waals surface area contributed by atoms with E-state index in [0.717, 1.165) is 0 Å². The van der Waals surface area contributed by atoms with Crippen LogP contribution in [-0.2, 0) is 0 Å². The van der Waals surface area contributed by atoms with Crippen LogP contribution in [0, 0.1) is 11.3 Å². The normalized spacial score (nSPS) is 9.93. The monoisotopic (exact) mass is 384 g/mol. The maximum absolute atomic E-state index is 12.5. The van der Waals surface area contributed by atoms with Crippen LogP contribution in [0.15, 0.2) is 66.9 Å². The van der Waals surface area contributed by atoms with Crippen molar-refractivity contribution in [1.29, 1.82) is 5.26 Å². The smallest absolute Gasteiger partial charge is 0.274 e. The number of carbonyl (C=O) groups excluding carboxylic acids is 3. The second-order valence-corrected chi connectivity index (χ2v) is 6.13. The number of rotatable bonds is 5. The third-order valence-corrected chi connectivity index (χ3v) is 4.08. The Hall–Kier alpha value is -4.31. The first kappa shape index (κ1) is 19.5. The quantitative estimate of drug-likeness (QED) is 0.652. The molecule has 1 heterocycles. The fourth-order valence-corrected chi connectivity index (χ4v) is 2.59. The number of ketones is 1. The summed E-state index contributed by atoms with van der Waals surface area (Å²) in [6.07, 6.45) is 1.35. The summed E-state index contributed by atoms with van der Waals surface area (Å²) in [5, 5.41) is 14.4. The number of carbonyl (C=O) groups is 3. The van der Waals surface area contributed by atoms with E-state index in [1.165, 1.54) is 25.3 Å². The standard InChI is InChI=1S/C22H16N4O3/c1-14(27)15-6-4-7-18(11-15)25-21(28)16-9-10-24-20(12-16)22(29)26-19-8-3-2-5-17(19)13-23/h2-12H,1H3,(H,25,28)(H,26,29). The number of anilines is 2. The van der Waals surface area contributed by atoms with Crippen molar-refractivity contribution in [3.8, 4) is 6.07 Å². The average molecular weight is 384 g/mol. The Bertz CT molecular complexity index is 1150. The number of para-hydroxylation sites is 1. The van der Waals surface area contributed by atoms with Crippen molar-refractivity contribution in [2.24, 2.45) is 0 Å². The zero-order chi connectivity index (χ0) is 20.8. The van der Waals surface area contributed by atoms with Gasteiger partial charge in [0.2, 0.25) is 0 Å². The van der Waals surface area contributed by atoms with E-state index in [0.29, 0.717) is 22.5 Å². The first-order valence-electron chi connectivity index (χ1n) is 8.67. The zero-order valence-electron chi connectivity index (χ0n) is 15.5. The van der Waals surface area contributed by atoms with E-state index < -0.39 is 11.8 Å². The average Bonchev–Trinajstić information content (AvgIpc) is 2.74. The molecule has 3 aromatic rings. The van der Waals surface area contributed by atoms with Crippen molar-refractivity contribution in [2.75, 3.05) is 10.6 Å². The number of benzene rings is 2. The molecule has 142 valence electrons. The van der Waals surface area contributed by atoms with Crippen LogP contribution in [-0.4, -0.2) is 22.6 Å². The SMILES string of the molecule is CC(=O)c1cccc(NC(=O)c2ccnc(C(=O)Nc3ccccc3C#N)c2)c1. The maximum Gasteiger partial charge on any atom is 0.274 e. The number of pyridine rings is 1. The lowest BCUT2D eigenvalue weighted by Crippen LogP contribution is -2.17. The van der Waals surface area contributed by atoms with E-state index in [9.17, 15) is 14.4 Å². The number of hydrogen-bond acceptors (Lipinski definition) is 5. The van der Waals surface area contributed by atoms with Crippen LogP contribution in [0.25, 0.3) is 0 Å². The lowest BCUT2D eigenvalue weighted by molar-refractivity contribution is 0.100. The molecule has 0 unspecified atom stereocenters. The van der Waals surface area contributed by atoms with Gasteiger partial charge in [-0.2, -0.15) is 5.26 Å². The third kappa shape index (κ3) is 4.70. The Balaban J connectivity index is 1.77. The number of nitrogens with zero attached hydrogens (tertiary/aromatic N) is 2. The minimum atomic E-state index is -0.541. The second-order valence-electron chi connectivity index (χ2n) is 6.13. The van der Waals surface area contributed by atoms with E-state index in [1.807, 2.05) is 6.07 Å². The van der Waals surface area contributed by atoms with Crippen LogP contribution in [0.1, 0.15) is 43.7 Å². The fourth-order valence-electron chi connectivity index (χ4n) is 2.59. The van der Waals surface area contributed by atoms with E-state index in [4.69, 9.17) is 5.26 Å². The van der Waals surface area contributed by atoms with Gasteiger partial charge in [-0.3, -0.25) is 19.4 Å². The van der Waals surface area contributed by atoms with Gasteiger partial charge in [-0.1, -0.05) is 24.3 Å². The minimum Gasteiger partial charge on any atom is -0.322 e. The van der Waals surface area contributed by atoms with Crippen molar-refractivity contribution >= 4 is 29.0 Å². The Morgan fingerprint density at radius 1 is 0.897 bits per heavy atom. The molecule has 29 heavy (non-hydrogen) atoms. The molecule has 0 radical (unpaired) electrons. The highest BCUT2D eigenvalue weighted by Gasteiger charge is 2.14. The maximum atomic E-state index is 12.5. The van der Waals surface area contributed by atoms with Gasteiger partial charge in [0.1, 0.15) is 11.8 Å². The molecule has 0 atom stereocenters. The molecule has 0 aliphatic rings.